The Kier molecular flexibility index (Phi) is 2.99. The summed E-state index contributed by atoms with van der Waals surface area (Å²) in [6.07, 6.45) is 13.2. The molecule has 0 saturated heterocycles. The van der Waals surface area contributed by atoms with Crippen LogP contribution in [0.4, 0.5) is 0 Å². The lowest BCUT2D eigenvalue weighted by molar-refractivity contribution is -0.127. The summed E-state index contributed by atoms with van der Waals surface area (Å²) in [7, 11) is 1.77. The second-order valence-corrected chi connectivity index (χ2v) is 8.00. The number of carbonyl (C=O) groups excluding carboxylic acids is 1. The van der Waals surface area contributed by atoms with E-state index in [9.17, 15) is 4.79 Å². The molecule has 0 amide bonds. The summed E-state index contributed by atoms with van der Waals surface area (Å²) >= 11 is 0. The largest absolute Gasteiger partial charge is 0.501 e. The first-order chi connectivity index (χ1) is 10.5. The molecule has 2 heteroatoms. The summed E-state index contributed by atoms with van der Waals surface area (Å²) in [5.41, 5.74) is 3.13. The van der Waals surface area contributed by atoms with Crippen molar-refractivity contribution in [3.63, 3.8) is 0 Å². The zero-order chi connectivity index (χ0) is 15.5. The maximum atomic E-state index is 12.4. The molecule has 2 nitrogen and oxygen atoms in total. The Morgan fingerprint density at radius 2 is 2.05 bits per heavy atom. The van der Waals surface area contributed by atoms with E-state index in [4.69, 9.17) is 4.74 Å². The second-order valence-electron chi connectivity index (χ2n) is 8.00. The fourth-order valence-electron chi connectivity index (χ4n) is 5.56. The number of allylic oxidation sites excluding steroid dienone is 6. The lowest BCUT2D eigenvalue weighted by Crippen LogP contribution is -2.43. The molecule has 4 rings (SSSR count). The smallest absolute Gasteiger partial charge is 0.139 e. The fourth-order valence-corrected chi connectivity index (χ4v) is 5.56. The molecule has 4 aliphatic rings. The van der Waals surface area contributed by atoms with Gasteiger partial charge in [-0.1, -0.05) is 31.6 Å². The van der Waals surface area contributed by atoms with Gasteiger partial charge in [0.15, 0.2) is 0 Å². The molecule has 2 unspecified atom stereocenters. The van der Waals surface area contributed by atoms with Crippen molar-refractivity contribution in [2.75, 3.05) is 7.11 Å². The van der Waals surface area contributed by atoms with Gasteiger partial charge >= 0.3 is 0 Å². The topological polar surface area (TPSA) is 26.3 Å². The highest BCUT2D eigenvalue weighted by Crippen LogP contribution is 2.61. The molecule has 0 heterocycles. The molecular weight excluding hydrogens is 272 g/mol. The van der Waals surface area contributed by atoms with Gasteiger partial charge in [0.1, 0.15) is 5.78 Å². The van der Waals surface area contributed by atoms with Crippen LogP contribution in [0.25, 0.3) is 0 Å². The summed E-state index contributed by atoms with van der Waals surface area (Å²) < 4.78 is 5.48. The predicted octanol–water partition coefficient (Wildman–Crippen LogP) is 4.58. The molecule has 1 saturated carbocycles. The van der Waals surface area contributed by atoms with Crippen LogP contribution in [-0.2, 0) is 9.53 Å². The van der Waals surface area contributed by atoms with Crippen LogP contribution < -0.4 is 0 Å². The first-order valence-corrected chi connectivity index (χ1v) is 8.68. The van der Waals surface area contributed by atoms with Crippen LogP contribution in [0.5, 0.6) is 0 Å². The highest BCUT2D eigenvalue weighted by Gasteiger charge is 2.54. The quantitative estimate of drug-likeness (QED) is 0.662. The van der Waals surface area contributed by atoms with Gasteiger partial charge in [-0.25, -0.2) is 0 Å². The van der Waals surface area contributed by atoms with Crippen molar-refractivity contribution in [2.24, 2.45) is 22.7 Å². The van der Waals surface area contributed by atoms with Crippen LogP contribution >= 0.6 is 0 Å². The van der Waals surface area contributed by atoms with Gasteiger partial charge in [0.05, 0.1) is 12.9 Å². The normalized spacial score (nSPS) is 43.4. The fraction of sp³-hybridized carbons (Fsp3) is 0.650. The van der Waals surface area contributed by atoms with Crippen LogP contribution in [0.15, 0.2) is 35.1 Å². The van der Waals surface area contributed by atoms with Crippen LogP contribution in [0.1, 0.15) is 52.4 Å². The molecule has 118 valence electrons. The molecular formula is C20H26O2. The molecule has 0 aromatic heterocycles. The van der Waals surface area contributed by atoms with Crippen LogP contribution in [0, 0.1) is 22.7 Å². The van der Waals surface area contributed by atoms with Crippen LogP contribution in [-0.4, -0.2) is 12.9 Å². The molecule has 0 spiro atoms. The van der Waals surface area contributed by atoms with Gasteiger partial charge in [-0.05, 0) is 49.2 Å². The van der Waals surface area contributed by atoms with Crippen molar-refractivity contribution in [1.29, 1.82) is 0 Å². The molecule has 1 fully saturated rings. The Balaban J connectivity index is 1.76. The van der Waals surface area contributed by atoms with Gasteiger partial charge in [0.25, 0.3) is 0 Å². The third kappa shape index (κ3) is 1.70. The number of rotatable bonds is 1. The summed E-state index contributed by atoms with van der Waals surface area (Å²) in [6, 6.07) is 0. The standard InChI is InChI=1S/C20H26O2/c1-19-10-8-14(22-3)12-13(19)4-5-15-16-6-7-18(21)20(16,2)11-9-17(15)19/h4,9,12,15-16H,5-8,10-11H2,1-3H3/t15?,16?,19-,20-/m0/s1. The predicted molar refractivity (Wildman–Crippen MR) is 87.2 cm³/mol. The lowest BCUT2D eigenvalue weighted by Gasteiger charge is -2.50. The van der Waals surface area contributed by atoms with E-state index in [1.165, 1.54) is 5.57 Å². The first-order valence-electron chi connectivity index (χ1n) is 8.68. The Labute approximate surface area is 133 Å². The van der Waals surface area contributed by atoms with E-state index in [0.29, 0.717) is 17.6 Å². The highest BCUT2D eigenvalue weighted by molar-refractivity contribution is 5.87. The van der Waals surface area contributed by atoms with E-state index in [1.807, 2.05) is 0 Å². The molecule has 0 bridgehead atoms. The Morgan fingerprint density at radius 3 is 2.82 bits per heavy atom. The van der Waals surface area contributed by atoms with Gasteiger partial charge in [0.2, 0.25) is 0 Å². The van der Waals surface area contributed by atoms with Gasteiger partial charge < -0.3 is 4.74 Å². The molecule has 0 aromatic rings. The average molecular weight is 298 g/mol. The minimum Gasteiger partial charge on any atom is -0.501 e. The van der Waals surface area contributed by atoms with Gasteiger partial charge in [0, 0.05) is 23.7 Å². The van der Waals surface area contributed by atoms with E-state index in [-0.39, 0.29) is 10.8 Å². The molecule has 0 radical (unpaired) electrons. The van der Waals surface area contributed by atoms with E-state index in [0.717, 1.165) is 44.3 Å². The Hall–Kier alpha value is -1.31. The molecule has 22 heavy (non-hydrogen) atoms. The molecule has 0 N–H and O–H groups in total. The zero-order valence-electron chi connectivity index (χ0n) is 13.9. The SMILES string of the molecule is COC1=CC2=CCC3C(=CC[C@]4(C)C(=O)CCC34)[C@@]2(C)CC1. The van der Waals surface area contributed by atoms with Crippen molar-refractivity contribution in [3.8, 4) is 0 Å². The maximum absolute atomic E-state index is 12.4. The van der Waals surface area contributed by atoms with Gasteiger partial charge in [-0.15, -0.1) is 0 Å². The van der Waals surface area contributed by atoms with Crippen molar-refractivity contribution in [1.82, 2.24) is 0 Å². The molecule has 0 aliphatic heterocycles. The first kappa shape index (κ1) is 14.3. The molecule has 4 atom stereocenters. The number of methoxy groups -OCH3 is 1. The number of ether oxygens (including phenoxy) is 1. The van der Waals surface area contributed by atoms with Crippen LogP contribution in [0.3, 0.4) is 0 Å². The Morgan fingerprint density at radius 1 is 1.23 bits per heavy atom. The Bertz CT molecular complexity index is 624. The number of carbonyl (C=O) groups is 1. The van der Waals surface area contributed by atoms with Crippen molar-refractivity contribution in [3.05, 3.63) is 35.1 Å². The number of Topliss-reactive ketones (excluding diaryl/α,β-unsaturated/α-hetero) is 1. The minimum absolute atomic E-state index is 0.0853. The van der Waals surface area contributed by atoms with E-state index < -0.39 is 0 Å². The maximum Gasteiger partial charge on any atom is 0.139 e. The lowest BCUT2D eigenvalue weighted by atomic mass is 9.53. The summed E-state index contributed by atoms with van der Waals surface area (Å²) in [6.45, 7) is 4.62. The number of hydrogen-bond donors (Lipinski definition) is 0. The van der Waals surface area contributed by atoms with E-state index in [1.54, 1.807) is 12.7 Å². The number of hydrogen-bond acceptors (Lipinski definition) is 2. The summed E-state index contributed by atoms with van der Waals surface area (Å²) in [5.74, 6) is 2.75. The van der Waals surface area contributed by atoms with Crippen LogP contribution in [0.2, 0.25) is 0 Å². The van der Waals surface area contributed by atoms with Gasteiger partial charge in [-0.2, -0.15) is 0 Å². The third-order valence-electron chi connectivity index (χ3n) is 7.09. The number of ketones is 1. The second kappa shape index (κ2) is 4.59. The number of fused-ring (bicyclic) bond motifs is 5. The summed E-state index contributed by atoms with van der Waals surface area (Å²) in [5, 5.41) is 0. The van der Waals surface area contributed by atoms with Crippen molar-refractivity contribution in [2.45, 2.75) is 52.4 Å². The minimum atomic E-state index is -0.0853. The van der Waals surface area contributed by atoms with Gasteiger partial charge in [-0.3, -0.25) is 4.79 Å². The monoisotopic (exact) mass is 298 g/mol. The third-order valence-corrected chi connectivity index (χ3v) is 7.09. The highest BCUT2D eigenvalue weighted by atomic mass is 16.5. The van der Waals surface area contributed by atoms with E-state index in [2.05, 4.69) is 32.1 Å². The van der Waals surface area contributed by atoms with Crippen molar-refractivity contribution < 1.29 is 9.53 Å². The molecule has 0 aromatic carbocycles. The van der Waals surface area contributed by atoms with E-state index >= 15 is 0 Å². The van der Waals surface area contributed by atoms with Crippen molar-refractivity contribution >= 4 is 5.78 Å². The molecule has 4 aliphatic carbocycles. The zero-order valence-corrected chi connectivity index (χ0v) is 13.9. The summed E-state index contributed by atoms with van der Waals surface area (Å²) in [4.78, 5) is 12.4. The average Bonchev–Trinajstić information content (AvgIpc) is 2.82.